The van der Waals surface area contributed by atoms with Gasteiger partial charge in [-0.25, -0.2) is 8.42 Å². The van der Waals surface area contributed by atoms with Crippen molar-refractivity contribution in [2.75, 3.05) is 18.4 Å². The van der Waals surface area contributed by atoms with Gasteiger partial charge in [0.15, 0.2) is 0 Å². The number of hydrogen-bond donors (Lipinski definition) is 1. The summed E-state index contributed by atoms with van der Waals surface area (Å²) in [6.07, 6.45) is 4.10. The van der Waals surface area contributed by atoms with Crippen LogP contribution in [0.3, 0.4) is 0 Å². The Morgan fingerprint density at radius 2 is 1.68 bits per heavy atom. The molecule has 2 aromatic rings. The second kappa shape index (κ2) is 7.35. The number of methoxy groups -OCH3 is 1. The Morgan fingerprint density at radius 1 is 1.04 bits per heavy atom. The van der Waals surface area contributed by atoms with Gasteiger partial charge in [-0.15, -0.1) is 0 Å². The minimum absolute atomic E-state index is 0.185. The second-order valence-electron chi connectivity index (χ2n) is 6.04. The van der Waals surface area contributed by atoms with E-state index in [9.17, 15) is 8.42 Å². The van der Waals surface area contributed by atoms with E-state index >= 15 is 0 Å². The number of hydrogen-bond acceptors (Lipinski definition) is 4. The fourth-order valence-electron chi connectivity index (χ4n) is 3.11. The van der Waals surface area contributed by atoms with Crippen LogP contribution in [0.2, 0.25) is 0 Å². The first-order valence-corrected chi connectivity index (χ1v) is 9.97. The van der Waals surface area contributed by atoms with Crippen molar-refractivity contribution in [1.82, 2.24) is 0 Å². The maximum atomic E-state index is 12.9. The molecule has 0 saturated heterocycles. The van der Waals surface area contributed by atoms with Crippen LogP contribution >= 0.6 is 0 Å². The van der Waals surface area contributed by atoms with Gasteiger partial charge in [-0.1, -0.05) is 0 Å². The number of anilines is 1. The standard InChI is InChI=1S/C19H23NO4S/c1-3-24-17-10-8-16(9-11-17)20-25(21,22)19-13-15-7-5-4-6-14(15)12-18(19)23-2/h8-13,20H,3-7H2,1-2H3. The first-order valence-electron chi connectivity index (χ1n) is 8.49. The van der Waals surface area contributed by atoms with E-state index in [1.807, 2.05) is 13.0 Å². The highest BCUT2D eigenvalue weighted by Gasteiger charge is 2.23. The molecule has 0 spiro atoms. The van der Waals surface area contributed by atoms with Gasteiger partial charge >= 0.3 is 0 Å². The van der Waals surface area contributed by atoms with Crippen LogP contribution in [0.15, 0.2) is 41.3 Å². The van der Waals surface area contributed by atoms with Crippen LogP contribution in [-0.2, 0) is 22.9 Å². The van der Waals surface area contributed by atoms with Gasteiger partial charge in [0.2, 0.25) is 0 Å². The first kappa shape index (κ1) is 17.6. The number of nitrogens with one attached hydrogen (secondary N) is 1. The van der Waals surface area contributed by atoms with E-state index in [1.165, 1.54) is 12.7 Å². The van der Waals surface area contributed by atoms with Gasteiger partial charge in [-0.3, -0.25) is 4.72 Å². The third kappa shape index (κ3) is 3.90. The molecule has 1 aliphatic carbocycles. The van der Waals surface area contributed by atoms with Crippen molar-refractivity contribution in [1.29, 1.82) is 0 Å². The van der Waals surface area contributed by atoms with E-state index in [1.54, 1.807) is 30.3 Å². The fourth-order valence-corrected chi connectivity index (χ4v) is 4.37. The molecule has 5 nitrogen and oxygen atoms in total. The molecular formula is C19H23NO4S. The molecule has 134 valence electrons. The van der Waals surface area contributed by atoms with Crippen LogP contribution in [0.1, 0.15) is 30.9 Å². The molecule has 0 atom stereocenters. The lowest BCUT2D eigenvalue weighted by atomic mass is 9.92. The van der Waals surface area contributed by atoms with Gasteiger partial charge in [0.05, 0.1) is 13.7 Å². The number of sulfonamides is 1. The fraction of sp³-hybridized carbons (Fsp3) is 0.368. The van der Waals surface area contributed by atoms with Gasteiger partial charge in [0, 0.05) is 5.69 Å². The minimum atomic E-state index is -3.73. The van der Waals surface area contributed by atoms with Crippen LogP contribution in [0.5, 0.6) is 11.5 Å². The molecule has 0 aliphatic heterocycles. The van der Waals surface area contributed by atoms with Gasteiger partial charge in [0.1, 0.15) is 16.4 Å². The molecule has 3 rings (SSSR count). The van der Waals surface area contributed by atoms with Crippen molar-refractivity contribution in [2.45, 2.75) is 37.5 Å². The number of benzene rings is 2. The van der Waals surface area contributed by atoms with E-state index < -0.39 is 10.0 Å². The third-order valence-corrected chi connectivity index (χ3v) is 5.74. The number of aryl methyl sites for hydroxylation is 2. The van der Waals surface area contributed by atoms with Crippen molar-refractivity contribution in [3.63, 3.8) is 0 Å². The van der Waals surface area contributed by atoms with E-state index in [-0.39, 0.29) is 4.90 Å². The van der Waals surface area contributed by atoms with Crippen molar-refractivity contribution in [3.8, 4) is 11.5 Å². The smallest absolute Gasteiger partial charge is 0.265 e. The molecule has 0 radical (unpaired) electrons. The Hall–Kier alpha value is -2.21. The van der Waals surface area contributed by atoms with E-state index in [0.29, 0.717) is 23.8 Å². The molecular weight excluding hydrogens is 338 g/mol. The van der Waals surface area contributed by atoms with Gasteiger partial charge in [-0.2, -0.15) is 0 Å². The zero-order valence-electron chi connectivity index (χ0n) is 14.5. The summed E-state index contributed by atoms with van der Waals surface area (Å²) in [5.41, 5.74) is 2.77. The number of fused-ring (bicyclic) bond motifs is 1. The Labute approximate surface area is 149 Å². The molecule has 2 aromatic carbocycles. The van der Waals surface area contributed by atoms with Gasteiger partial charge < -0.3 is 9.47 Å². The number of ether oxygens (including phenoxy) is 2. The minimum Gasteiger partial charge on any atom is -0.495 e. The van der Waals surface area contributed by atoms with Crippen molar-refractivity contribution < 1.29 is 17.9 Å². The topological polar surface area (TPSA) is 64.6 Å². The summed E-state index contributed by atoms with van der Waals surface area (Å²) < 4.78 is 39.1. The summed E-state index contributed by atoms with van der Waals surface area (Å²) in [4.78, 5) is 0.185. The summed E-state index contributed by atoms with van der Waals surface area (Å²) >= 11 is 0. The molecule has 0 fully saturated rings. The van der Waals surface area contributed by atoms with Crippen molar-refractivity contribution >= 4 is 15.7 Å². The molecule has 0 aromatic heterocycles. The second-order valence-corrected chi connectivity index (χ2v) is 7.69. The normalized spacial score (nSPS) is 13.8. The summed E-state index contributed by atoms with van der Waals surface area (Å²) in [6, 6.07) is 10.5. The average Bonchev–Trinajstić information content (AvgIpc) is 2.62. The quantitative estimate of drug-likeness (QED) is 0.850. The monoisotopic (exact) mass is 361 g/mol. The van der Waals surface area contributed by atoms with Gasteiger partial charge in [0.25, 0.3) is 10.0 Å². The maximum absolute atomic E-state index is 12.9. The van der Waals surface area contributed by atoms with Crippen LogP contribution in [0, 0.1) is 0 Å². The highest BCUT2D eigenvalue weighted by atomic mass is 32.2. The lowest BCUT2D eigenvalue weighted by Crippen LogP contribution is -2.16. The Morgan fingerprint density at radius 3 is 2.28 bits per heavy atom. The molecule has 0 saturated carbocycles. The highest BCUT2D eigenvalue weighted by molar-refractivity contribution is 7.92. The lowest BCUT2D eigenvalue weighted by Gasteiger charge is -2.19. The molecule has 0 heterocycles. The predicted molar refractivity (Wildman–Crippen MR) is 98.1 cm³/mol. The summed E-state index contributed by atoms with van der Waals surface area (Å²) in [5, 5.41) is 0. The largest absolute Gasteiger partial charge is 0.495 e. The van der Waals surface area contributed by atoms with Crippen LogP contribution in [-0.4, -0.2) is 22.1 Å². The lowest BCUT2D eigenvalue weighted by molar-refractivity contribution is 0.340. The molecule has 0 amide bonds. The van der Waals surface area contributed by atoms with Crippen LogP contribution in [0.25, 0.3) is 0 Å². The van der Waals surface area contributed by atoms with Crippen LogP contribution in [0.4, 0.5) is 5.69 Å². The maximum Gasteiger partial charge on any atom is 0.265 e. The molecule has 25 heavy (non-hydrogen) atoms. The van der Waals surface area contributed by atoms with E-state index in [2.05, 4.69) is 4.72 Å². The molecule has 0 bridgehead atoms. The summed E-state index contributed by atoms with van der Waals surface area (Å²) in [6.45, 7) is 2.47. The third-order valence-electron chi connectivity index (χ3n) is 4.34. The number of rotatable bonds is 6. The average molecular weight is 361 g/mol. The van der Waals surface area contributed by atoms with E-state index in [0.717, 1.165) is 31.2 Å². The van der Waals surface area contributed by atoms with E-state index in [4.69, 9.17) is 9.47 Å². The molecule has 1 aliphatic rings. The Bertz CT molecular complexity index is 844. The Kier molecular flexibility index (Phi) is 5.18. The summed E-state index contributed by atoms with van der Waals surface area (Å²) in [5.74, 6) is 1.09. The van der Waals surface area contributed by atoms with Crippen LogP contribution < -0.4 is 14.2 Å². The molecule has 6 heteroatoms. The van der Waals surface area contributed by atoms with Gasteiger partial charge in [-0.05, 0) is 80.1 Å². The zero-order valence-corrected chi connectivity index (χ0v) is 15.4. The van der Waals surface area contributed by atoms with Crippen molar-refractivity contribution in [3.05, 3.63) is 47.5 Å². The first-order chi connectivity index (χ1) is 12.0. The van der Waals surface area contributed by atoms with Crippen molar-refractivity contribution in [2.24, 2.45) is 0 Å². The summed E-state index contributed by atoms with van der Waals surface area (Å²) in [7, 11) is -2.23. The zero-order chi connectivity index (χ0) is 17.9. The SMILES string of the molecule is CCOc1ccc(NS(=O)(=O)c2cc3c(cc2OC)CCCC3)cc1. The highest BCUT2D eigenvalue weighted by Crippen LogP contribution is 2.33. The molecule has 0 unspecified atom stereocenters. The predicted octanol–water partition coefficient (Wildman–Crippen LogP) is 3.77. The molecule has 1 N–H and O–H groups in total. The Balaban J connectivity index is 1.91.